The molecule has 0 aliphatic carbocycles. The average Bonchev–Trinajstić information content (AvgIpc) is 0.733. The second kappa shape index (κ2) is 57.8. The van der Waals surface area contributed by atoms with Crippen LogP contribution in [0.5, 0.6) is 0 Å². The highest BCUT2D eigenvalue weighted by molar-refractivity contribution is 15.0. The molecule has 8 rings (SSSR count). The Labute approximate surface area is 869 Å². The van der Waals surface area contributed by atoms with Crippen molar-refractivity contribution in [1.82, 2.24) is 0 Å². The molecule has 0 bridgehead atoms. The molecule has 5 fully saturated rings. The minimum Gasteiger partial charge on any atom is -0.410 e. The van der Waals surface area contributed by atoms with E-state index in [1.54, 1.807) is 24.3 Å². The molecule has 5 aliphatic rings. The van der Waals surface area contributed by atoms with Gasteiger partial charge in [-0.05, 0) is 208 Å². The van der Waals surface area contributed by atoms with E-state index in [1.807, 2.05) is 24.3 Å². The van der Waals surface area contributed by atoms with Gasteiger partial charge in [0.15, 0.2) is 0 Å². The Morgan fingerprint density at radius 3 is 0.750 bits per heavy atom. The van der Waals surface area contributed by atoms with E-state index in [1.165, 1.54) is 7.14 Å². The summed E-state index contributed by atoms with van der Waals surface area (Å²) in [5, 5.41) is 109. The minimum atomic E-state index is -2.39. The first-order valence-electron chi connectivity index (χ1n) is 47.6. The van der Waals surface area contributed by atoms with E-state index in [0.717, 1.165) is 11.1 Å². The van der Waals surface area contributed by atoms with Gasteiger partial charge in [-0.3, -0.25) is 0 Å². The molecule has 0 saturated carbocycles. The fourth-order valence-electron chi connectivity index (χ4n) is 20.9. The predicted molar refractivity (Wildman–Crippen MR) is 591 cm³/mol. The van der Waals surface area contributed by atoms with Crippen molar-refractivity contribution < 1.29 is 97.6 Å². The van der Waals surface area contributed by atoms with E-state index in [2.05, 4.69) is 386 Å². The molecule has 5 aliphatic heterocycles. The molecule has 750 valence electrons. The summed E-state index contributed by atoms with van der Waals surface area (Å²) in [6.07, 6.45) is -16.1. The molecule has 3 aromatic carbocycles. The van der Waals surface area contributed by atoms with Gasteiger partial charge >= 0.3 is 0 Å². The quantitative estimate of drug-likeness (QED) is 0.0213. The van der Waals surface area contributed by atoms with Gasteiger partial charge in [-0.15, -0.1) is 29.5 Å². The summed E-state index contributed by atoms with van der Waals surface area (Å²) in [4.78, 5) is 0. The molecule has 25 atom stereocenters. The van der Waals surface area contributed by atoms with Crippen LogP contribution in [0.1, 0.15) is 223 Å². The van der Waals surface area contributed by atoms with Crippen molar-refractivity contribution in [3.8, 4) is 58.8 Å². The lowest BCUT2D eigenvalue weighted by atomic mass is 9.81. The van der Waals surface area contributed by atoms with E-state index in [4.69, 9.17) is 41.4 Å². The molecular weight excluding hydrogens is 2320 g/mol. The normalized spacial score (nSPS) is 29.4. The van der Waals surface area contributed by atoms with Crippen LogP contribution in [0.2, 0.25) is 86.1 Å². The SMILES string of the molecule is CC(C)[Si](O[C@@H]1[C@H](C)[C@@H](C#Cc2ccc(C#C[C@H]3O[C@H](CO)[C@@H](C)[C@H](C)[C@@H]3O[Si](C(C)C)(C(C)C)C(C)C)cc2)O[C@H](CO)[C@H]1O[Si](C(C)C)(C(C)C)C(C)C)(C(C)C)C(C)C.CC(C)[Si](O[C@H]1[C@@H](C)[C@H](C)[C@@H](CO)O[C@@H]1C#C[Si](C)(C)C)(C(C)C)C(C)C.I.II.Ic1ccc(I)cc1.OC[C@H]1O[C@H](C#Cc2ccc(C#C[C@H]3O[C@H](CO)[C@@H](O)[C@H](O)[C@@H]3O)cc2)[C@@H](O)[C@@H](O)[C@@H]1O. The van der Waals surface area contributed by atoms with Gasteiger partial charge in [-0.2, -0.15) is 0 Å². The van der Waals surface area contributed by atoms with Crippen LogP contribution >= 0.6 is 106 Å². The highest BCUT2D eigenvalue weighted by Crippen LogP contribution is 2.52. The Hall–Kier alpha value is -0.606. The van der Waals surface area contributed by atoms with E-state index in [-0.39, 0.29) is 104 Å². The van der Waals surface area contributed by atoms with Crippen LogP contribution in [0.3, 0.4) is 0 Å². The maximum Gasteiger partial charge on any atom is 0.201 e. The Bertz CT molecular complexity index is 4010. The van der Waals surface area contributed by atoms with E-state index < -0.39 is 140 Å². The largest absolute Gasteiger partial charge is 0.410 e. The molecular formula is C102H167I5O20Si5. The third kappa shape index (κ3) is 32.2. The van der Waals surface area contributed by atoms with Crippen LogP contribution in [0.15, 0.2) is 72.8 Å². The maximum atomic E-state index is 11.1. The molecule has 5 saturated heterocycles. The molecule has 0 radical (unpaired) electrons. The lowest BCUT2D eigenvalue weighted by molar-refractivity contribution is -0.214. The van der Waals surface area contributed by atoms with E-state index >= 15 is 0 Å². The molecule has 5 heterocycles. The Morgan fingerprint density at radius 1 is 0.280 bits per heavy atom. The van der Waals surface area contributed by atoms with Crippen molar-refractivity contribution in [3.63, 3.8) is 0 Å². The lowest BCUT2D eigenvalue weighted by Gasteiger charge is -2.54. The van der Waals surface area contributed by atoms with Crippen LogP contribution in [-0.4, -0.2) is 253 Å². The zero-order chi connectivity index (χ0) is 99.8. The topological polar surface area (TPSA) is 306 Å². The van der Waals surface area contributed by atoms with Crippen molar-refractivity contribution >= 4 is 148 Å². The predicted octanol–water partition coefficient (Wildman–Crippen LogP) is 19.3. The number of hydrogen-bond donors (Lipinski definition) is 11. The zero-order valence-electron chi connectivity index (χ0n) is 84.8. The molecule has 11 N–H and O–H groups in total. The third-order valence-electron chi connectivity index (χ3n) is 28.2. The number of hydrogen-bond acceptors (Lipinski definition) is 20. The highest BCUT2D eigenvalue weighted by atomic mass is 128. The van der Waals surface area contributed by atoms with Gasteiger partial charge in [-0.1, -0.05) is 274 Å². The Kier molecular flexibility index (Phi) is 55.0. The first-order chi connectivity index (χ1) is 61.1. The molecule has 0 spiro atoms. The van der Waals surface area contributed by atoms with Crippen LogP contribution in [-0.2, 0) is 41.4 Å². The molecule has 30 heteroatoms. The second-order valence-corrected chi connectivity index (χ2v) is 70.3. The molecule has 20 nitrogen and oxygen atoms in total. The third-order valence-corrected chi connectivity index (χ3v) is 54.9. The minimum absolute atomic E-state index is 0. The average molecular weight is 2490 g/mol. The van der Waals surface area contributed by atoms with E-state index in [9.17, 15) is 56.2 Å². The van der Waals surface area contributed by atoms with Crippen LogP contribution in [0, 0.1) is 95.6 Å². The first-order valence-corrected chi connectivity index (χ1v) is 68.1. The van der Waals surface area contributed by atoms with Crippen molar-refractivity contribution in [2.45, 2.75) is 409 Å². The zero-order valence-corrected chi connectivity index (χ0v) is 101. The van der Waals surface area contributed by atoms with E-state index in [0.29, 0.717) is 83.5 Å². The number of benzene rings is 3. The van der Waals surface area contributed by atoms with Gasteiger partial charge in [0.1, 0.15) is 93.5 Å². The number of aliphatic hydroxyl groups is 11. The summed E-state index contributed by atoms with van der Waals surface area (Å²) in [6.45, 7) is 72.2. The van der Waals surface area contributed by atoms with Crippen molar-refractivity contribution in [1.29, 1.82) is 0 Å². The summed E-state index contributed by atoms with van der Waals surface area (Å²) >= 11 is 8.83. The monoisotopic (exact) mass is 2490 g/mol. The highest BCUT2D eigenvalue weighted by Gasteiger charge is 2.59. The molecule has 0 aromatic heterocycles. The number of aliphatic hydroxyl groups excluding tert-OH is 11. The van der Waals surface area contributed by atoms with Gasteiger partial charge in [-0.25, -0.2) is 0 Å². The van der Waals surface area contributed by atoms with Crippen molar-refractivity contribution in [2.75, 3.05) is 33.0 Å². The van der Waals surface area contributed by atoms with Crippen LogP contribution in [0.25, 0.3) is 0 Å². The molecule has 0 unspecified atom stereocenters. The summed E-state index contributed by atoms with van der Waals surface area (Å²) in [5.41, 5.74) is 11.5. The van der Waals surface area contributed by atoms with Gasteiger partial charge in [0.25, 0.3) is 0 Å². The first kappa shape index (κ1) is 126. The number of ether oxygens (including phenoxy) is 5. The summed E-state index contributed by atoms with van der Waals surface area (Å²) in [7, 11) is -10.5. The Balaban J connectivity index is 0.000000531. The van der Waals surface area contributed by atoms with Crippen molar-refractivity contribution in [2.24, 2.45) is 29.6 Å². The number of rotatable bonds is 25. The van der Waals surface area contributed by atoms with Crippen LogP contribution < -0.4 is 0 Å². The van der Waals surface area contributed by atoms with Gasteiger partial charge in [0.05, 0.1) is 69.7 Å². The van der Waals surface area contributed by atoms with Gasteiger partial charge in [0.2, 0.25) is 33.3 Å². The summed E-state index contributed by atoms with van der Waals surface area (Å²) in [5.74, 6) is 28.9. The summed E-state index contributed by atoms with van der Waals surface area (Å²) in [6, 6.07) is 23.0. The van der Waals surface area contributed by atoms with Gasteiger partial charge in [0, 0.05) is 72.5 Å². The van der Waals surface area contributed by atoms with Crippen molar-refractivity contribution in [3.05, 3.63) is 102 Å². The Morgan fingerprint density at radius 2 is 0.500 bits per heavy atom. The second-order valence-electron chi connectivity index (χ2n) is 41.4. The van der Waals surface area contributed by atoms with Gasteiger partial charge < -0.3 is 97.6 Å². The number of halogens is 5. The fraction of sp³-hybridized carbons (Fsp3) is 0.725. The fourth-order valence-corrected chi connectivity index (χ4v) is 44.7. The summed E-state index contributed by atoms with van der Waals surface area (Å²) < 4.78 is 62.7. The molecule has 132 heavy (non-hydrogen) atoms. The molecule has 3 aromatic rings. The standard InChI is InChI=1S/C52H92O7Si3.C22H26O10.C22H44O3Si2.C6H4I2.I2.HI/c1-32(2)60(33(3)4,34(5)6)57-50-42(20)41(19)48(30-53)56-47(50)29-27-45-24-22-44(23-25-45)26-28-46-43(21)51(58-61(35(7)8,36(9)10)37(11)12)52(49(31-54)55-46)59-62(38(13)14,39(15)16)40(17)18;23-9-15-19(27)21(29)17(25)13(31-15)7-5-11-1-2-12(4-3-11)6-8-14-18(26)22(30)20(28)16(10-24)32-14;1-15(2)27(16(3)4,17(5)6)25-22-19(8)18(7)21(14-23)24-20(22)12-13-26(9,10)11;7-5-1-2-6(8)4-3-5;1-2;/h22-25,32-43,46-54H,30-31H2,1-21H3;1-4,13-30H,9-10H2;15-23H,14H2,1-11H3;1-4H;;1H/t41-,42-,43+,46+,47+,48+,49+,50-,51+,52+;13-,14-,15-,16-,17-,18-,19-,20-,21-,22-;18-,19-,20+,21+,22-;;;/m010.../s1. The molecule has 0 amide bonds. The maximum absolute atomic E-state index is 11.1. The lowest BCUT2D eigenvalue weighted by Crippen LogP contribution is -2.65. The van der Waals surface area contributed by atoms with Crippen LogP contribution in [0.4, 0.5) is 0 Å². The smallest absolute Gasteiger partial charge is 0.201 e.